The molecule has 0 atom stereocenters. The minimum Gasteiger partial charge on any atom is -0.478 e. The SMILES string of the molecule is Cn1cc(-c2ncc(C(=O)O)cn2)c2ccccc21. The van der Waals surface area contributed by atoms with Crippen LogP contribution < -0.4 is 0 Å². The van der Waals surface area contributed by atoms with Crippen molar-refractivity contribution >= 4 is 16.9 Å². The molecule has 0 spiro atoms. The molecule has 1 aromatic carbocycles. The maximum atomic E-state index is 10.8. The van der Waals surface area contributed by atoms with Crippen LogP contribution in [-0.4, -0.2) is 25.6 Å². The molecule has 5 heteroatoms. The molecule has 2 heterocycles. The van der Waals surface area contributed by atoms with E-state index >= 15 is 0 Å². The summed E-state index contributed by atoms with van der Waals surface area (Å²) in [6.07, 6.45) is 4.60. The van der Waals surface area contributed by atoms with Crippen molar-refractivity contribution < 1.29 is 9.90 Å². The molecule has 0 aliphatic rings. The molecule has 0 radical (unpaired) electrons. The lowest BCUT2D eigenvalue weighted by molar-refractivity contribution is 0.0696. The summed E-state index contributed by atoms with van der Waals surface area (Å²) in [6.45, 7) is 0. The minimum atomic E-state index is -1.02. The van der Waals surface area contributed by atoms with E-state index in [0.717, 1.165) is 16.5 Å². The van der Waals surface area contributed by atoms with Crippen LogP contribution in [0.3, 0.4) is 0 Å². The second-order valence-electron chi connectivity index (χ2n) is 4.27. The third-order valence-electron chi connectivity index (χ3n) is 3.04. The van der Waals surface area contributed by atoms with Crippen molar-refractivity contribution in [2.45, 2.75) is 0 Å². The standard InChI is InChI=1S/C14H11N3O2/c1-17-8-11(10-4-2-3-5-12(10)17)13-15-6-9(7-16-13)14(18)19/h2-8H,1H3,(H,18,19). The van der Waals surface area contributed by atoms with Gasteiger partial charge >= 0.3 is 5.97 Å². The van der Waals surface area contributed by atoms with Gasteiger partial charge in [-0.05, 0) is 6.07 Å². The van der Waals surface area contributed by atoms with Crippen LogP contribution in [0.25, 0.3) is 22.3 Å². The van der Waals surface area contributed by atoms with Crippen LogP contribution in [0.15, 0.2) is 42.9 Å². The molecule has 0 saturated carbocycles. The lowest BCUT2D eigenvalue weighted by Crippen LogP contribution is -1.99. The Kier molecular flexibility index (Phi) is 2.52. The minimum absolute atomic E-state index is 0.0870. The molecule has 0 aliphatic carbocycles. The molecule has 0 saturated heterocycles. The van der Waals surface area contributed by atoms with Crippen LogP contribution in [0.2, 0.25) is 0 Å². The second kappa shape index (κ2) is 4.20. The largest absolute Gasteiger partial charge is 0.478 e. The van der Waals surface area contributed by atoms with Crippen molar-refractivity contribution in [3.05, 3.63) is 48.4 Å². The normalized spacial score (nSPS) is 10.8. The number of benzene rings is 1. The quantitative estimate of drug-likeness (QED) is 0.761. The zero-order chi connectivity index (χ0) is 13.4. The summed E-state index contributed by atoms with van der Waals surface area (Å²) < 4.78 is 2.00. The Hall–Kier alpha value is -2.69. The molecular formula is C14H11N3O2. The van der Waals surface area contributed by atoms with E-state index in [4.69, 9.17) is 5.11 Å². The molecular weight excluding hydrogens is 242 g/mol. The molecule has 94 valence electrons. The highest BCUT2D eigenvalue weighted by molar-refractivity contribution is 5.94. The smallest absolute Gasteiger partial charge is 0.338 e. The molecule has 0 amide bonds. The van der Waals surface area contributed by atoms with Crippen LogP contribution in [0, 0.1) is 0 Å². The van der Waals surface area contributed by atoms with E-state index in [9.17, 15) is 4.79 Å². The number of hydrogen-bond acceptors (Lipinski definition) is 3. The number of aromatic nitrogens is 3. The fourth-order valence-electron chi connectivity index (χ4n) is 2.10. The Balaban J connectivity index is 2.16. The lowest BCUT2D eigenvalue weighted by atomic mass is 10.1. The number of hydrogen-bond donors (Lipinski definition) is 1. The number of aromatic carboxylic acids is 1. The van der Waals surface area contributed by atoms with Gasteiger partial charge in [-0.25, -0.2) is 14.8 Å². The topological polar surface area (TPSA) is 68.0 Å². The molecule has 1 N–H and O–H groups in total. The first-order chi connectivity index (χ1) is 9.16. The second-order valence-corrected chi connectivity index (χ2v) is 4.27. The van der Waals surface area contributed by atoms with E-state index in [-0.39, 0.29) is 5.56 Å². The molecule has 5 nitrogen and oxygen atoms in total. The number of para-hydroxylation sites is 1. The van der Waals surface area contributed by atoms with Gasteiger partial charge in [0, 0.05) is 42.1 Å². The molecule has 3 aromatic rings. The van der Waals surface area contributed by atoms with E-state index in [2.05, 4.69) is 9.97 Å². The first kappa shape index (κ1) is 11.4. The number of fused-ring (bicyclic) bond motifs is 1. The molecule has 0 aliphatic heterocycles. The first-order valence-electron chi connectivity index (χ1n) is 5.76. The number of carboxylic acids is 1. The van der Waals surface area contributed by atoms with Gasteiger partial charge in [0.1, 0.15) is 0 Å². The summed E-state index contributed by atoms with van der Waals surface area (Å²) in [4.78, 5) is 19.0. The van der Waals surface area contributed by atoms with Crippen LogP contribution in [0.1, 0.15) is 10.4 Å². The van der Waals surface area contributed by atoms with Crippen LogP contribution >= 0.6 is 0 Å². The molecule has 3 rings (SSSR count). The number of carbonyl (C=O) groups is 1. The van der Waals surface area contributed by atoms with Crippen molar-refractivity contribution in [3.8, 4) is 11.4 Å². The van der Waals surface area contributed by atoms with E-state index in [1.165, 1.54) is 12.4 Å². The summed E-state index contributed by atoms with van der Waals surface area (Å²) in [5.74, 6) is -0.494. The average molecular weight is 253 g/mol. The number of nitrogens with zero attached hydrogens (tertiary/aromatic N) is 3. The monoisotopic (exact) mass is 253 g/mol. The molecule has 0 fully saturated rings. The summed E-state index contributed by atoms with van der Waals surface area (Å²) in [7, 11) is 1.96. The summed E-state index contributed by atoms with van der Waals surface area (Å²) >= 11 is 0. The predicted molar refractivity (Wildman–Crippen MR) is 70.9 cm³/mol. The molecule has 19 heavy (non-hydrogen) atoms. The highest BCUT2D eigenvalue weighted by atomic mass is 16.4. The molecule has 0 unspecified atom stereocenters. The van der Waals surface area contributed by atoms with Gasteiger partial charge in [-0.3, -0.25) is 0 Å². The first-order valence-corrected chi connectivity index (χ1v) is 5.76. The third kappa shape index (κ3) is 1.85. The van der Waals surface area contributed by atoms with Gasteiger partial charge in [-0.15, -0.1) is 0 Å². The van der Waals surface area contributed by atoms with Gasteiger partial charge in [-0.1, -0.05) is 18.2 Å². The predicted octanol–water partition coefficient (Wildman–Crippen LogP) is 2.33. The van der Waals surface area contributed by atoms with Crippen molar-refractivity contribution in [1.29, 1.82) is 0 Å². The van der Waals surface area contributed by atoms with Gasteiger partial charge < -0.3 is 9.67 Å². The van der Waals surface area contributed by atoms with Gasteiger partial charge in [-0.2, -0.15) is 0 Å². The van der Waals surface area contributed by atoms with Crippen LogP contribution in [0.5, 0.6) is 0 Å². The fraction of sp³-hybridized carbons (Fsp3) is 0.0714. The van der Waals surface area contributed by atoms with Gasteiger partial charge in [0.15, 0.2) is 5.82 Å². The summed E-state index contributed by atoms with van der Waals surface area (Å²) in [5, 5.41) is 9.89. The van der Waals surface area contributed by atoms with Gasteiger partial charge in [0.05, 0.1) is 5.56 Å². The van der Waals surface area contributed by atoms with Crippen molar-refractivity contribution in [2.75, 3.05) is 0 Å². The Morgan fingerprint density at radius 3 is 2.58 bits per heavy atom. The fourth-order valence-corrected chi connectivity index (χ4v) is 2.10. The van der Waals surface area contributed by atoms with E-state index in [0.29, 0.717) is 5.82 Å². The Bertz CT molecular complexity index is 760. The number of carboxylic acid groups (broad SMARTS) is 1. The zero-order valence-corrected chi connectivity index (χ0v) is 10.2. The summed E-state index contributed by atoms with van der Waals surface area (Å²) in [5.41, 5.74) is 2.07. The Morgan fingerprint density at radius 1 is 1.21 bits per heavy atom. The van der Waals surface area contributed by atoms with Crippen LogP contribution in [-0.2, 0) is 7.05 Å². The molecule has 2 aromatic heterocycles. The van der Waals surface area contributed by atoms with Gasteiger partial charge in [0.2, 0.25) is 0 Å². The Labute approximate surface area is 109 Å². The average Bonchev–Trinajstić information content (AvgIpc) is 2.77. The van der Waals surface area contributed by atoms with E-state index in [1.807, 2.05) is 42.1 Å². The lowest BCUT2D eigenvalue weighted by Gasteiger charge is -1.98. The van der Waals surface area contributed by atoms with Crippen molar-refractivity contribution in [1.82, 2.24) is 14.5 Å². The highest BCUT2D eigenvalue weighted by Crippen LogP contribution is 2.27. The van der Waals surface area contributed by atoms with Gasteiger partial charge in [0.25, 0.3) is 0 Å². The van der Waals surface area contributed by atoms with E-state index < -0.39 is 5.97 Å². The van der Waals surface area contributed by atoms with Crippen molar-refractivity contribution in [3.63, 3.8) is 0 Å². The third-order valence-corrected chi connectivity index (χ3v) is 3.04. The van der Waals surface area contributed by atoms with E-state index in [1.54, 1.807) is 0 Å². The summed E-state index contributed by atoms with van der Waals surface area (Å²) in [6, 6.07) is 7.95. The van der Waals surface area contributed by atoms with Crippen molar-refractivity contribution in [2.24, 2.45) is 7.05 Å². The maximum Gasteiger partial charge on any atom is 0.338 e. The zero-order valence-electron chi connectivity index (χ0n) is 10.2. The molecule has 0 bridgehead atoms. The Morgan fingerprint density at radius 2 is 1.89 bits per heavy atom. The maximum absolute atomic E-state index is 10.8. The highest BCUT2D eigenvalue weighted by Gasteiger charge is 2.11. The van der Waals surface area contributed by atoms with Crippen LogP contribution in [0.4, 0.5) is 0 Å². The number of aryl methyl sites for hydroxylation is 1. The number of rotatable bonds is 2.